The molecule has 10 heteroatoms. The summed E-state index contributed by atoms with van der Waals surface area (Å²) < 4.78 is 27.7. The van der Waals surface area contributed by atoms with E-state index in [0.29, 0.717) is 17.1 Å². The van der Waals surface area contributed by atoms with Crippen LogP contribution >= 0.6 is 11.6 Å². The minimum Gasteiger partial charge on any atom is -0.369 e. The normalized spacial score (nSPS) is 15.4. The van der Waals surface area contributed by atoms with E-state index in [0.717, 1.165) is 37.9 Å². The zero-order chi connectivity index (χ0) is 21.0. The van der Waals surface area contributed by atoms with E-state index in [9.17, 15) is 18.5 Å². The molecule has 2 aromatic rings. The quantitative estimate of drug-likeness (QED) is 0.527. The summed E-state index contributed by atoms with van der Waals surface area (Å²) in [6.45, 7) is 5.76. The molecular weight excluding hydrogens is 416 g/mol. The third-order valence-electron chi connectivity index (χ3n) is 4.96. The van der Waals surface area contributed by atoms with Gasteiger partial charge in [-0.25, -0.2) is 13.1 Å². The van der Waals surface area contributed by atoms with E-state index < -0.39 is 14.9 Å². The second-order valence-corrected chi connectivity index (χ2v) is 9.08. The number of anilines is 1. The number of halogens is 1. The predicted molar refractivity (Wildman–Crippen MR) is 113 cm³/mol. The van der Waals surface area contributed by atoms with Crippen molar-refractivity contribution in [1.29, 1.82) is 0 Å². The van der Waals surface area contributed by atoms with Crippen LogP contribution in [-0.2, 0) is 10.0 Å². The molecule has 29 heavy (non-hydrogen) atoms. The summed E-state index contributed by atoms with van der Waals surface area (Å²) >= 11 is 5.93. The highest BCUT2D eigenvalue weighted by Crippen LogP contribution is 2.22. The molecule has 8 nitrogen and oxygen atoms in total. The van der Waals surface area contributed by atoms with Crippen LogP contribution in [-0.4, -0.2) is 57.5 Å². The van der Waals surface area contributed by atoms with Crippen LogP contribution in [0, 0.1) is 17.0 Å². The molecule has 3 rings (SSSR count). The van der Waals surface area contributed by atoms with Crippen molar-refractivity contribution in [3.05, 3.63) is 63.2 Å². The number of nitro groups is 1. The van der Waals surface area contributed by atoms with Crippen LogP contribution in [0.25, 0.3) is 0 Å². The van der Waals surface area contributed by atoms with Crippen molar-refractivity contribution < 1.29 is 13.3 Å². The molecule has 156 valence electrons. The predicted octanol–water partition coefficient (Wildman–Crippen LogP) is 2.66. The summed E-state index contributed by atoms with van der Waals surface area (Å²) in [5.41, 5.74) is 1.35. The monoisotopic (exact) mass is 438 g/mol. The van der Waals surface area contributed by atoms with Crippen LogP contribution in [0.15, 0.2) is 47.4 Å². The number of nitrogens with zero attached hydrogens (tertiary/aromatic N) is 3. The Hall–Kier alpha value is -2.20. The number of piperazine rings is 1. The zero-order valence-corrected chi connectivity index (χ0v) is 17.6. The summed E-state index contributed by atoms with van der Waals surface area (Å²) in [4.78, 5) is 14.7. The second-order valence-electron chi connectivity index (χ2n) is 6.91. The summed E-state index contributed by atoms with van der Waals surface area (Å²) in [7, 11) is -3.81. The minimum atomic E-state index is -3.81. The Balaban J connectivity index is 1.52. The van der Waals surface area contributed by atoms with E-state index in [1.54, 1.807) is 6.92 Å². The number of hydrogen-bond donors (Lipinski definition) is 1. The zero-order valence-electron chi connectivity index (χ0n) is 16.0. The third-order valence-corrected chi connectivity index (χ3v) is 6.81. The maximum atomic E-state index is 12.6. The number of nitrogens with one attached hydrogen (secondary N) is 1. The van der Waals surface area contributed by atoms with E-state index in [-0.39, 0.29) is 17.1 Å². The molecule has 1 saturated heterocycles. The minimum absolute atomic E-state index is 0.0562. The molecule has 0 atom stereocenters. The fourth-order valence-electron chi connectivity index (χ4n) is 3.29. The van der Waals surface area contributed by atoms with Gasteiger partial charge >= 0.3 is 0 Å². The molecule has 2 aromatic carbocycles. The van der Waals surface area contributed by atoms with Crippen molar-refractivity contribution in [2.75, 3.05) is 44.2 Å². The van der Waals surface area contributed by atoms with Gasteiger partial charge in [-0.15, -0.1) is 0 Å². The van der Waals surface area contributed by atoms with Crippen LogP contribution in [0.4, 0.5) is 11.4 Å². The van der Waals surface area contributed by atoms with Crippen LogP contribution in [0.5, 0.6) is 0 Å². The SMILES string of the molecule is Cc1ccc([N+](=O)[O-])cc1S(=O)(=O)NCCN1CCN(c2ccc(Cl)cc2)CC1. The van der Waals surface area contributed by atoms with Crippen molar-refractivity contribution in [3.8, 4) is 0 Å². The van der Waals surface area contributed by atoms with Gasteiger partial charge in [-0.3, -0.25) is 15.0 Å². The summed E-state index contributed by atoms with van der Waals surface area (Å²) in [6.07, 6.45) is 0. The van der Waals surface area contributed by atoms with Crippen molar-refractivity contribution in [3.63, 3.8) is 0 Å². The first-order valence-electron chi connectivity index (χ1n) is 9.24. The smallest absolute Gasteiger partial charge is 0.270 e. The molecule has 0 radical (unpaired) electrons. The number of aryl methyl sites for hydroxylation is 1. The van der Waals surface area contributed by atoms with E-state index in [4.69, 9.17) is 11.6 Å². The molecule has 1 N–H and O–H groups in total. The van der Waals surface area contributed by atoms with E-state index in [1.165, 1.54) is 12.1 Å². The maximum absolute atomic E-state index is 12.6. The van der Waals surface area contributed by atoms with Gasteiger partial charge in [0.05, 0.1) is 9.82 Å². The van der Waals surface area contributed by atoms with Crippen LogP contribution in [0.3, 0.4) is 0 Å². The highest BCUT2D eigenvalue weighted by atomic mass is 35.5. The lowest BCUT2D eigenvalue weighted by Crippen LogP contribution is -2.48. The summed E-state index contributed by atoms with van der Waals surface area (Å²) in [6, 6.07) is 11.6. The fraction of sp³-hybridized carbons (Fsp3) is 0.368. The van der Waals surface area contributed by atoms with Crippen molar-refractivity contribution in [2.24, 2.45) is 0 Å². The molecule has 0 aromatic heterocycles. The average Bonchev–Trinajstić information content (AvgIpc) is 2.69. The van der Waals surface area contributed by atoms with Crippen LogP contribution < -0.4 is 9.62 Å². The van der Waals surface area contributed by atoms with E-state index >= 15 is 0 Å². The molecule has 1 heterocycles. The van der Waals surface area contributed by atoms with Gasteiger partial charge in [0.2, 0.25) is 10.0 Å². The first kappa shape index (κ1) is 21.5. The van der Waals surface area contributed by atoms with Gasteiger partial charge in [0.15, 0.2) is 0 Å². The molecule has 0 spiro atoms. The Kier molecular flexibility index (Phi) is 6.74. The first-order valence-corrected chi connectivity index (χ1v) is 11.1. The third kappa shape index (κ3) is 5.45. The number of sulfonamides is 1. The van der Waals surface area contributed by atoms with Gasteiger partial charge in [0.25, 0.3) is 5.69 Å². The molecular formula is C19H23ClN4O4S. The number of hydrogen-bond acceptors (Lipinski definition) is 6. The highest BCUT2D eigenvalue weighted by Gasteiger charge is 2.21. The Morgan fingerprint density at radius 3 is 2.38 bits per heavy atom. The summed E-state index contributed by atoms with van der Waals surface area (Å²) in [5.74, 6) is 0. The van der Waals surface area contributed by atoms with Gasteiger partial charge in [0.1, 0.15) is 0 Å². The fourth-order valence-corrected chi connectivity index (χ4v) is 4.70. The van der Waals surface area contributed by atoms with E-state index in [1.807, 2.05) is 24.3 Å². The van der Waals surface area contributed by atoms with E-state index in [2.05, 4.69) is 14.5 Å². The largest absolute Gasteiger partial charge is 0.369 e. The number of nitro benzene ring substituents is 1. The topological polar surface area (TPSA) is 95.8 Å². The highest BCUT2D eigenvalue weighted by molar-refractivity contribution is 7.89. The molecule has 0 amide bonds. The van der Waals surface area contributed by atoms with Crippen LogP contribution in [0.2, 0.25) is 5.02 Å². The van der Waals surface area contributed by atoms with Gasteiger partial charge in [-0.2, -0.15) is 0 Å². The molecule has 1 aliphatic heterocycles. The van der Waals surface area contributed by atoms with Gasteiger partial charge in [0, 0.05) is 62.1 Å². The Morgan fingerprint density at radius 2 is 1.76 bits per heavy atom. The lowest BCUT2D eigenvalue weighted by Gasteiger charge is -2.36. The van der Waals surface area contributed by atoms with Gasteiger partial charge < -0.3 is 4.90 Å². The Labute approximate surface area is 175 Å². The standard InChI is InChI=1S/C19H23ClN4O4S/c1-15-2-5-18(24(25)26)14-19(15)29(27,28)21-8-9-22-10-12-23(13-11-22)17-6-3-16(20)4-7-17/h2-7,14,21H,8-13H2,1H3. The average molecular weight is 439 g/mol. The molecule has 1 fully saturated rings. The van der Waals surface area contributed by atoms with Crippen molar-refractivity contribution in [2.45, 2.75) is 11.8 Å². The van der Waals surface area contributed by atoms with Crippen molar-refractivity contribution >= 4 is 33.0 Å². The van der Waals surface area contributed by atoms with Crippen LogP contribution in [0.1, 0.15) is 5.56 Å². The number of rotatable bonds is 7. The first-order chi connectivity index (χ1) is 13.8. The lowest BCUT2D eigenvalue weighted by atomic mass is 10.2. The Bertz CT molecular complexity index is 974. The summed E-state index contributed by atoms with van der Waals surface area (Å²) in [5, 5.41) is 11.6. The molecule has 0 saturated carbocycles. The lowest BCUT2D eigenvalue weighted by molar-refractivity contribution is -0.385. The Morgan fingerprint density at radius 1 is 1.10 bits per heavy atom. The van der Waals surface area contributed by atoms with Crippen molar-refractivity contribution in [1.82, 2.24) is 9.62 Å². The maximum Gasteiger partial charge on any atom is 0.270 e. The molecule has 1 aliphatic rings. The second kappa shape index (κ2) is 9.08. The molecule has 0 aliphatic carbocycles. The number of benzene rings is 2. The van der Waals surface area contributed by atoms with Gasteiger partial charge in [-0.05, 0) is 36.8 Å². The number of non-ortho nitro benzene ring substituents is 1. The van der Waals surface area contributed by atoms with Gasteiger partial charge in [-0.1, -0.05) is 17.7 Å². The molecule has 0 bridgehead atoms. The molecule has 0 unspecified atom stereocenters.